The summed E-state index contributed by atoms with van der Waals surface area (Å²) in [4.78, 5) is 14.1. The molecule has 0 N–H and O–H groups in total. The van der Waals surface area contributed by atoms with Crippen LogP contribution in [0.25, 0.3) is 0 Å². The quantitative estimate of drug-likeness (QED) is 0.412. The van der Waals surface area contributed by atoms with Gasteiger partial charge in [-0.1, -0.05) is 60.7 Å². The van der Waals surface area contributed by atoms with Crippen LogP contribution in [-0.2, 0) is 27.4 Å². The Labute approximate surface area is 169 Å². The molecule has 0 heterocycles. The van der Waals surface area contributed by atoms with Crippen molar-refractivity contribution in [3.63, 3.8) is 0 Å². The van der Waals surface area contributed by atoms with Crippen molar-refractivity contribution in [2.45, 2.75) is 52.3 Å². The van der Waals surface area contributed by atoms with E-state index < -0.39 is 5.60 Å². The van der Waals surface area contributed by atoms with Crippen molar-refractivity contribution in [3.8, 4) is 0 Å². The molecule has 2 aromatic rings. The minimum Gasteiger partial charge on any atom is -0.460 e. The molecule has 0 aromatic heterocycles. The monoisotopic (exact) mass is 383 g/mol. The summed E-state index contributed by atoms with van der Waals surface area (Å²) >= 11 is 0. The molecule has 0 unspecified atom stereocenters. The third-order valence-electron chi connectivity index (χ3n) is 4.13. The molecule has 0 aliphatic rings. The zero-order valence-electron chi connectivity index (χ0n) is 17.4. The van der Waals surface area contributed by atoms with Gasteiger partial charge in [-0.3, -0.25) is 9.69 Å². The van der Waals surface area contributed by atoms with Gasteiger partial charge in [0.1, 0.15) is 5.60 Å². The minimum absolute atomic E-state index is 0.206. The maximum atomic E-state index is 11.7. The van der Waals surface area contributed by atoms with E-state index in [0.717, 1.165) is 26.1 Å². The summed E-state index contributed by atoms with van der Waals surface area (Å²) in [6.45, 7) is 9.44. The number of carbonyl (C=O) groups is 1. The number of ether oxygens (including phenoxy) is 2. The molecule has 0 saturated heterocycles. The summed E-state index contributed by atoms with van der Waals surface area (Å²) in [5.41, 5.74) is 2.18. The molecule has 0 spiro atoms. The fourth-order valence-electron chi connectivity index (χ4n) is 2.94. The Morgan fingerprint density at radius 3 is 1.89 bits per heavy atom. The van der Waals surface area contributed by atoms with Crippen LogP contribution in [0.1, 0.15) is 44.7 Å². The van der Waals surface area contributed by atoms with Gasteiger partial charge in [-0.25, -0.2) is 0 Å². The number of esters is 1. The van der Waals surface area contributed by atoms with Gasteiger partial charge < -0.3 is 9.47 Å². The van der Waals surface area contributed by atoms with E-state index in [1.54, 1.807) is 0 Å². The summed E-state index contributed by atoms with van der Waals surface area (Å²) in [5, 5.41) is 0. The van der Waals surface area contributed by atoms with Crippen LogP contribution in [0, 0.1) is 0 Å². The lowest BCUT2D eigenvalue weighted by atomic mass is 10.1. The number of hydrogen-bond donors (Lipinski definition) is 0. The van der Waals surface area contributed by atoms with Crippen molar-refractivity contribution in [2.75, 3.05) is 19.8 Å². The standard InChI is InChI=1S/C24H33NO3/c1-24(2,3)28-23(26)15-18-27-17-10-16-25(19-21-11-6-4-7-12-21)20-22-13-8-5-9-14-22/h4-9,11-14H,10,15-20H2,1-3H3. The van der Waals surface area contributed by atoms with Gasteiger partial charge in [-0.15, -0.1) is 0 Å². The number of benzene rings is 2. The second kappa shape index (κ2) is 11.6. The SMILES string of the molecule is CC(C)(C)OC(=O)CCOCCCN(Cc1ccccc1)Cc1ccccc1. The fourth-order valence-corrected chi connectivity index (χ4v) is 2.94. The van der Waals surface area contributed by atoms with E-state index in [4.69, 9.17) is 9.47 Å². The maximum Gasteiger partial charge on any atom is 0.308 e. The van der Waals surface area contributed by atoms with Gasteiger partial charge in [0.2, 0.25) is 0 Å². The molecule has 152 valence electrons. The van der Waals surface area contributed by atoms with Crippen LogP contribution < -0.4 is 0 Å². The van der Waals surface area contributed by atoms with Gasteiger partial charge in [0, 0.05) is 26.2 Å². The van der Waals surface area contributed by atoms with Crippen LogP contribution in [0.4, 0.5) is 0 Å². The molecule has 0 amide bonds. The first-order valence-corrected chi connectivity index (χ1v) is 10.0. The third-order valence-corrected chi connectivity index (χ3v) is 4.13. The molecule has 0 aliphatic carbocycles. The van der Waals surface area contributed by atoms with E-state index in [1.165, 1.54) is 11.1 Å². The largest absolute Gasteiger partial charge is 0.460 e. The van der Waals surface area contributed by atoms with Crippen LogP contribution in [0.15, 0.2) is 60.7 Å². The lowest BCUT2D eigenvalue weighted by Crippen LogP contribution is -2.25. The summed E-state index contributed by atoms with van der Waals surface area (Å²) in [7, 11) is 0. The molecule has 0 bridgehead atoms. The first kappa shape index (κ1) is 22.1. The first-order chi connectivity index (χ1) is 13.4. The Hall–Kier alpha value is -2.17. The van der Waals surface area contributed by atoms with Crippen LogP contribution in [0.2, 0.25) is 0 Å². The molecule has 4 heteroatoms. The molecular weight excluding hydrogens is 350 g/mol. The van der Waals surface area contributed by atoms with Crippen LogP contribution in [-0.4, -0.2) is 36.2 Å². The van der Waals surface area contributed by atoms with E-state index in [2.05, 4.69) is 53.4 Å². The average Bonchev–Trinajstić information content (AvgIpc) is 2.64. The molecule has 2 aromatic carbocycles. The number of carbonyl (C=O) groups excluding carboxylic acids is 1. The zero-order chi connectivity index (χ0) is 20.2. The van der Waals surface area contributed by atoms with Crippen molar-refractivity contribution in [3.05, 3.63) is 71.8 Å². The van der Waals surface area contributed by atoms with Gasteiger partial charge >= 0.3 is 5.97 Å². The van der Waals surface area contributed by atoms with Gasteiger partial charge in [0.25, 0.3) is 0 Å². The summed E-state index contributed by atoms with van der Waals surface area (Å²) in [6.07, 6.45) is 1.23. The Kier molecular flexibility index (Phi) is 9.18. The summed E-state index contributed by atoms with van der Waals surface area (Å²) in [5.74, 6) is -0.206. The minimum atomic E-state index is -0.438. The Balaban J connectivity index is 1.73. The smallest absolute Gasteiger partial charge is 0.308 e. The van der Waals surface area contributed by atoms with Crippen LogP contribution >= 0.6 is 0 Å². The second-order valence-electron chi connectivity index (χ2n) is 7.98. The first-order valence-electron chi connectivity index (χ1n) is 10.0. The van der Waals surface area contributed by atoms with Gasteiger partial charge in [0.15, 0.2) is 0 Å². The summed E-state index contributed by atoms with van der Waals surface area (Å²) in [6, 6.07) is 21.1. The lowest BCUT2D eigenvalue weighted by molar-refractivity contribution is -0.156. The maximum absolute atomic E-state index is 11.7. The zero-order valence-corrected chi connectivity index (χ0v) is 17.4. The van der Waals surface area contributed by atoms with Crippen molar-refractivity contribution in [1.29, 1.82) is 0 Å². The topological polar surface area (TPSA) is 38.8 Å². The van der Waals surface area contributed by atoms with E-state index in [9.17, 15) is 4.79 Å². The van der Waals surface area contributed by atoms with Crippen molar-refractivity contribution >= 4 is 5.97 Å². The Bertz CT molecular complexity index is 639. The van der Waals surface area contributed by atoms with Crippen LogP contribution in [0.5, 0.6) is 0 Å². The highest BCUT2D eigenvalue weighted by Crippen LogP contribution is 2.11. The highest BCUT2D eigenvalue weighted by atomic mass is 16.6. The van der Waals surface area contributed by atoms with Gasteiger partial charge in [-0.05, 0) is 38.3 Å². The van der Waals surface area contributed by atoms with Crippen molar-refractivity contribution in [2.24, 2.45) is 0 Å². The summed E-state index contributed by atoms with van der Waals surface area (Å²) < 4.78 is 10.9. The van der Waals surface area contributed by atoms with E-state index >= 15 is 0 Å². The van der Waals surface area contributed by atoms with Crippen molar-refractivity contribution < 1.29 is 14.3 Å². The highest BCUT2D eigenvalue weighted by Gasteiger charge is 2.15. The fraction of sp³-hybridized carbons (Fsp3) is 0.458. The van der Waals surface area contributed by atoms with Gasteiger partial charge in [-0.2, -0.15) is 0 Å². The number of hydrogen-bond acceptors (Lipinski definition) is 4. The Morgan fingerprint density at radius 1 is 0.857 bits per heavy atom. The van der Waals surface area contributed by atoms with E-state index in [1.807, 2.05) is 32.9 Å². The average molecular weight is 384 g/mol. The number of rotatable bonds is 11. The molecular formula is C24H33NO3. The molecule has 0 atom stereocenters. The van der Waals surface area contributed by atoms with E-state index in [0.29, 0.717) is 19.6 Å². The molecule has 4 nitrogen and oxygen atoms in total. The number of nitrogens with zero attached hydrogens (tertiary/aromatic N) is 1. The second-order valence-corrected chi connectivity index (χ2v) is 7.98. The molecule has 0 saturated carbocycles. The molecule has 0 radical (unpaired) electrons. The predicted octanol–water partition coefficient (Wildman–Crippen LogP) is 4.83. The Morgan fingerprint density at radius 2 is 1.39 bits per heavy atom. The predicted molar refractivity (Wildman–Crippen MR) is 113 cm³/mol. The molecule has 28 heavy (non-hydrogen) atoms. The third kappa shape index (κ3) is 9.67. The van der Waals surface area contributed by atoms with Crippen LogP contribution in [0.3, 0.4) is 0 Å². The van der Waals surface area contributed by atoms with Crippen molar-refractivity contribution in [1.82, 2.24) is 4.90 Å². The molecule has 2 rings (SSSR count). The van der Waals surface area contributed by atoms with E-state index in [-0.39, 0.29) is 5.97 Å². The highest BCUT2D eigenvalue weighted by molar-refractivity contribution is 5.69. The normalized spacial score (nSPS) is 11.6. The molecule has 0 aliphatic heterocycles. The molecule has 0 fully saturated rings. The lowest BCUT2D eigenvalue weighted by Gasteiger charge is -2.23. The van der Waals surface area contributed by atoms with Gasteiger partial charge in [0.05, 0.1) is 13.0 Å².